The molecule has 1 spiro atoms. The molecular formula is C47H67N3O11. The van der Waals surface area contributed by atoms with Crippen LogP contribution < -0.4 is 5.32 Å². The Morgan fingerprint density at radius 3 is 2.46 bits per heavy atom. The number of nitrogens with one attached hydrogen (secondary N) is 2. The van der Waals surface area contributed by atoms with E-state index in [9.17, 15) is 45.3 Å². The van der Waals surface area contributed by atoms with Gasteiger partial charge in [-0.2, -0.15) is 0 Å². The van der Waals surface area contributed by atoms with Crippen LogP contribution in [0, 0.1) is 79.8 Å². The third-order valence-electron chi connectivity index (χ3n) is 19.2. The quantitative estimate of drug-likeness (QED) is 0.104. The number of allylic oxidation sites excluding steroid dienone is 2. The number of nitrogens with zero attached hydrogens (tertiary/aromatic N) is 1. The molecule has 1 amide bonds. The summed E-state index contributed by atoms with van der Waals surface area (Å²) in [5.74, 6) is 4.53. The minimum atomic E-state index is -1.62. The maximum atomic E-state index is 13.5. The van der Waals surface area contributed by atoms with Gasteiger partial charge in [-0.25, -0.2) is 4.98 Å². The second-order valence-corrected chi connectivity index (χ2v) is 21.7. The van der Waals surface area contributed by atoms with Crippen LogP contribution >= 0.6 is 0 Å². The molecule has 9 N–H and O–H groups in total. The van der Waals surface area contributed by atoms with Crippen molar-refractivity contribution in [3.63, 3.8) is 0 Å². The molecule has 9 rings (SSSR count). The summed E-state index contributed by atoms with van der Waals surface area (Å²) in [6, 6.07) is -0.316. The Kier molecular flexibility index (Phi) is 10.7. The molecule has 8 aliphatic rings. The van der Waals surface area contributed by atoms with Crippen LogP contribution in [0.15, 0.2) is 24.2 Å². The Morgan fingerprint density at radius 2 is 1.75 bits per heavy atom. The number of carboxylic acid groups (broad SMARTS) is 1. The third-order valence-corrected chi connectivity index (χ3v) is 19.2. The molecule has 0 aromatic carbocycles. The van der Waals surface area contributed by atoms with Gasteiger partial charge in [-0.15, -0.1) is 5.92 Å². The lowest BCUT2D eigenvalue weighted by atomic mass is 9.30. The molecule has 2 aliphatic heterocycles. The molecule has 3 heterocycles. The molecule has 1 aromatic heterocycles. The number of aromatic nitrogens is 2. The summed E-state index contributed by atoms with van der Waals surface area (Å²) in [6.45, 7) is 8.06. The highest BCUT2D eigenvalue weighted by molar-refractivity contribution is 5.79. The van der Waals surface area contributed by atoms with Crippen molar-refractivity contribution in [2.45, 2.75) is 148 Å². The number of rotatable bonds is 8. The van der Waals surface area contributed by atoms with E-state index in [1.807, 2.05) is 6.92 Å². The number of carboxylic acids is 1. The van der Waals surface area contributed by atoms with Crippen molar-refractivity contribution in [3.05, 3.63) is 29.9 Å². The monoisotopic (exact) mass is 849 g/mol. The number of hydrogen-bond acceptors (Lipinski definition) is 11. The third kappa shape index (κ3) is 6.14. The Balaban J connectivity index is 1.21. The Bertz CT molecular complexity index is 1970. The lowest BCUT2D eigenvalue weighted by Gasteiger charge is -2.74. The molecule has 1 aromatic rings. The van der Waals surface area contributed by atoms with Gasteiger partial charge in [0.15, 0.2) is 6.29 Å². The average molecular weight is 850 g/mol. The first-order valence-corrected chi connectivity index (χ1v) is 22.8. The second kappa shape index (κ2) is 15.1. The minimum Gasteiger partial charge on any atom is -0.481 e. The van der Waals surface area contributed by atoms with Crippen molar-refractivity contribution in [2.75, 3.05) is 19.8 Å². The van der Waals surface area contributed by atoms with Crippen LogP contribution in [0.3, 0.4) is 0 Å². The van der Waals surface area contributed by atoms with Gasteiger partial charge in [0.25, 0.3) is 0 Å². The summed E-state index contributed by atoms with van der Waals surface area (Å²) in [5.41, 5.74) is -1.78. The normalized spacial score (nSPS) is 51.5. The van der Waals surface area contributed by atoms with Crippen molar-refractivity contribution >= 4 is 11.9 Å². The molecule has 0 unspecified atom stereocenters. The summed E-state index contributed by atoms with van der Waals surface area (Å²) in [6.07, 6.45) is 4.55. The summed E-state index contributed by atoms with van der Waals surface area (Å²) >= 11 is 0. The first-order valence-electron chi connectivity index (χ1n) is 22.8. The lowest BCUT2D eigenvalue weighted by molar-refractivity contribution is -0.343. The zero-order chi connectivity index (χ0) is 43.5. The number of aliphatic hydroxyl groups is 6. The lowest BCUT2D eigenvalue weighted by Crippen LogP contribution is -2.73. The fourth-order valence-corrected chi connectivity index (χ4v) is 15.9. The van der Waals surface area contributed by atoms with Crippen molar-refractivity contribution in [1.29, 1.82) is 0 Å². The highest BCUT2D eigenvalue weighted by atomic mass is 16.7. The largest absolute Gasteiger partial charge is 0.481 e. The first kappa shape index (κ1) is 43.4. The maximum Gasteiger partial charge on any atom is 0.310 e. The second-order valence-electron chi connectivity index (χ2n) is 21.7. The van der Waals surface area contributed by atoms with Gasteiger partial charge < -0.3 is 55.5 Å². The molecule has 336 valence electrons. The number of hydrogen-bond donors (Lipinski definition) is 9. The molecule has 4 bridgehead atoms. The van der Waals surface area contributed by atoms with Crippen LogP contribution in [0.5, 0.6) is 0 Å². The highest BCUT2D eigenvalue weighted by Gasteiger charge is 2.75. The Labute approximate surface area is 358 Å². The molecule has 0 radical (unpaired) electrons. The van der Waals surface area contributed by atoms with Crippen LogP contribution in [0.4, 0.5) is 0 Å². The number of aromatic amines is 1. The van der Waals surface area contributed by atoms with E-state index in [1.54, 1.807) is 12.5 Å². The van der Waals surface area contributed by atoms with Gasteiger partial charge in [0.2, 0.25) is 5.91 Å². The number of aliphatic hydroxyl groups excluding tert-OH is 6. The van der Waals surface area contributed by atoms with Gasteiger partial charge in [-0.3, -0.25) is 9.59 Å². The summed E-state index contributed by atoms with van der Waals surface area (Å²) < 4.78 is 12.4. The van der Waals surface area contributed by atoms with E-state index in [-0.39, 0.29) is 67.3 Å². The fourth-order valence-electron chi connectivity index (χ4n) is 15.9. The molecule has 19 atom stereocenters. The van der Waals surface area contributed by atoms with Gasteiger partial charge in [-0.1, -0.05) is 45.3 Å². The fraction of sp³-hybridized carbons (Fsp3) is 0.809. The SMILES string of the molecule is C[C@]1(CO)CC[C@]2(C(=O)O)CC[C@@]34CCC#C[C@H]([C@@H]5CC(=O)N[C@H]5Cc5cnc[nH]5)[C@H]5[C@@H](O)[C@@H](O[C@@H]6OC[C@@H](O)[C@H](O)[C@H]6O)[C@@](C)(CO)[C@H]6CC[C@]3(C)[C@H](CC=C4[C@@H]2C1)[C@@]56C. The number of carbonyl (C=O) groups is 2. The molecule has 2 saturated heterocycles. The number of ether oxygens (including phenoxy) is 2. The standard InChI is InChI=1S/C47H67N3O11/c1-42(22-51)13-14-46(41(58)59)15-16-47-11-6-5-7-26(27-18-34(54)50-30(27)17-25-20-48-24-49-25)35-37(56)39(61-40-38(57)36(55)31(53)21-60-40)43(2,23-52)32-10-12-44(47,3)33(45(32,35)4)9-8-28(47)29(46)19-42/h8,20,24,26-27,29-33,35-40,51-53,55-57H,6,9-19,21-23H2,1-4H3,(H,48,49)(H,50,54)(H,58,59)/t26-,27+,29+,30+,31-,32-,33+,35+,36+,37-,38-,39-,40+,42+,43+,44-,45+,46+,47-/m1/s1. The van der Waals surface area contributed by atoms with E-state index in [0.717, 1.165) is 18.5 Å². The van der Waals surface area contributed by atoms with Gasteiger partial charge >= 0.3 is 5.97 Å². The topological polar surface area (TPSA) is 235 Å². The molecule has 61 heavy (non-hydrogen) atoms. The highest BCUT2D eigenvalue weighted by Crippen LogP contribution is 2.78. The van der Waals surface area contributed by atoms with E-state index < -0.39 is 81.7 Å². The van der Waals surface area contributed by atoms with Gasteiger partial charge in [0, 0.05) is 67.0 Å². The number of fused-ring (bicyclic) bond motifs is 2. The van der Waals surface area contributed by atoms with Crippen molar-refractivity contribution < 1.29 is 54.8 Å². The van der Waals surface area contributed by atoms with Crippen molar-refractivity contribution in [3.8, 4) is 11.8 Å². The molecular weight excluding hydrogens is 783 g/mol. The van der Waals surface area contributed by atoms with E-state index in [0.29, 0.717) is 57.8 Å². The summed E-state index contributed by atoms with van der Waals surface area (Å²) in [4.78, 5) is 34.4. The molecule has 14 nitrogen and oxygen atoms in total. The van der Waals surface area contributed by atoms with Crippen LogP contribution in [0.25, 0.3) is 0 Å². The molecule has 4 saturated carbocycles. The smallest absolute Gasteiger partial charge is 0.310 e. The van der Waals surface area contributed by atoms with Gasteiger partial charge in [-0.05, 0) is 97.2 Å². The van der Waals surface area contributed by atoms with Crippen LogP contribution in [0.1, 0.15) is 104 Å². The number of aliphatic carboxylic acids is 1. The van der Waals surface area contributed by atoms with E-state index >= 15 is 0 Å². The predicted molar refractivity (Wildman–Crippen MR) is 220 cm³/mol. The summed E-state index contributed by atoms with van der Waals surface area (Å²) in [5, 5.41) is 82.1. The van der Waals surface area contributed by atoms with Crippen molar-refractivity contribution in [1.82, 2.24) is 15.3 Å². The van der Waals surface area contributed by atoms with Crippen LogP contribution in [0.2, 0.25) is 0 Å². The van der Waals surface area contributed by atoms with Crippen LogP contribution in [-0.4, -0.2) is 120 Å². The Morgan fingerprint density at radius 1 is 0.984 bits per heavy atom. The molecule has 6 fully saturated rings. The predicted octanol–water partition coefficient (Wildman–Crippen LogP) is 2.70. The maximum absolute atomic E-state index is 13.5. The molecule has 14 heteroatoms. The van der Waals surface area contributed by atoms with E-state index in [4.69, 9.17) is 9.47 Å². The zero-order valence-electron chi connectivity index (χ0n) is 36.1. The van der Waals surface area contributed by atoms with Gasteiger partial charge in [0.1, 0.15) is 18.3 Å². The molecule has 6 aliphatic carbocycles. The minimum absolute atomic E-state index is 0.00308. The Hall–Kier alpha value is -2.87. The average Bonchev–Trinajstić information content (AvgIpc) is 3.88. The summed E-state index contributed by atoms with van der Waals surface area (Å²) in [7, 11) is 0. The zero-order valence-corrected chi connectivity index (χ0v) is 36.1. The number of amides is 1. The number of imidazole rings is 1. The first-order chi connectivity index (χ1) is 28.9. The van der Waals surface area contributed by atoms with Crippen molar-refractivity contribution in [2.24, 2.45) is 68.0 Å². The van der Waals surface area contributed by atoms with Gasteiger partial charge in [0.05, 0.1) is 37.2 Å². The number of H-pyrrole nitrogens is 1. The van der Waals surface area contributed by atoms with Crippen LogP contribution in [-0.2, 0) is 25.5 Å². The van der Waals surface area contributed by atoms with E-state index in [2.05, 4.69) is 54.0 Å². The van der Waals surface area contributed by atoms with E-state index in [1.165, 1.54) is 5.57 Å². The number of carbonyl (C=O) groups excluding carboxylic acids is 1.